The number of hydrogen-bond donors (Lipinski definition) is 0. The molecule has 0 spiro atoms. The summed E-state index contributed by atoms with van der Waals surface area (Å²) in [5.41, 5.74) is 2.92. The summed E-state index contributed by atoms with van der Waals surface area (Å²) in [7, 11) is -1.50. The van der Waals surface area contributed by atoms with Crippen LogP contribution in [-0.4, -0.2) is 14.9 Å². The van der Waals surface area contributed by atoms with Crippen LogP contribution in [0.25, 0.3) is 6.08 Å². The molecule has 0 aromatic heterocycles. The van der Waals surface area contributed by atoms with Crippen LogP contribution in [0.1, 0.15) is 29.9 Å². The van der Waals surface area contributed by atoms with Crippen molar-refractivity contribution in [2.75, 3.05) is 6.61 Å². The second-order valence-electron chi connectivity index (χ2n) is 14.5. The fraction of sp³-hybridized carbons (Fsp3) is 0.500. The van der Waals surface area contributed by atoms with Crippen molar-refractivity contribution in [2.24, 2.45) is 0 Å². The van der Waals surface area contributed by atoms with Gasteiger partial charge in [-0.15, -0.1) is 24.8 Å². The molecule has 2 aliphatic rings. The Morgan fingerprint density at radius 2 is 1.62 bits per heavy atom. The summed E-state index contributed by atoms with van der Waals surface area (Å²) in [4.78, 5) is 0. The Labute approximate surface area is 186 Å². The molecule has 0 radical (unpaired) electrons. The number of rotatable bonds is 6. The van der Waals surface area contributed by atoms with Gasteiger partial charge in [0, 0.05) is 0 Å². The maximum Gasteiger partial charge on any atom is -0.147 e. The van der Waals surface area contributed by atoms with Gasteiger partial charge in [0.15, 0.2) is 0 Å². The first kappa shape index (κ1) is 27.1. The van der Waals surface area contributed by atoms with E-state index < -0.39 is 24.1 Å². The monoisotopic (exact) mass is 533 g/mol. The van der Waals surface area contributed by atoms with Crippen molar-refractivity contribution in [2.45, 2.75) is 61.6 Å². The van der Waals surface area contributed by atoms with Gasteiger partial charge in [-0.1, -0.05) is 0 Å². The van der Waals surface area contributed by atoms with Gasteiger partial charge in [-0.25, -0.2) is 0 Å². The first-order valence-electron chi connectivity index (χ1n) is 10.6. The third kappa shape index (κ3) is 5.12. The first-order valence-corrected chi connectivity index (χ1v) is 28.8. The van der Waals surface area contributed by atoms with Crippen LogP contribution >= 0.6 is 24.8 Å². The standard InChI is InChI=1S/C14H19OSi.C5H5.5CH3.2ClH.Zr/c1-16(2,3)15-11-10-13-9-8-12-6-4-5-7-14(12)13;1-2-4-5-3-1;;;;;;;;/h4-8,13H,10-11H2,1-3H3;1-3H,4H2;5*1H3;2*1H;. The molecular formula is C24H41Cl2OSiZr. The first-order chi connectivity index (χ1) is 12.0. The molecule has 0 saturated heterocycles. The Bertz CT molecular complexity index is 892. The van der Waals surface area contributed by atoms with Crippen LogP contribution in [0, 0.1) is 0 Å². The molecule has 1 nitrogen and oxygen atoms in total. The Hall–Kier alpha value is 0.0800. The second kappa shape index (κ2) is 7.04. The molecule has 1 aromatic rings. The van der Waals surface area contributed by atoms with Gasteiger partial charge in [0.1, 0.15) is 0 Å². The topological polar surface area (TPSA) is 9.23 Å². The predicted octanol–water partition coefficient (Wildman–Crippen LogP) is 9.06. The van der Waals surface area contributed by atoms with Gasteiger partial charge in [0.05, 0.1) is 0 Å². The van der Waals surface area contributed by atoms with E-state index in [0.717, 1.165) is 19.4 Å². The van der Waals surface area contributed by atoms with E-state index in [1.807, 2.05) is 0 Å². The molecule has 1 unspecified atom stereocenters. The largest absolute Gasteiger partial charge is 0.147 e. The minimum Gasteiger partial charge on any atom is -0.147 e. The molecule has 0 heterocycles. The van der Waals surface area contributed by atoms with Crippen LogP contribution in [0.3, 0.4) is 0 Å². The normalized spacial score (nSPS) is 22.1. The molecule has 0 amide bonds. The van der Waals surface area contributed by atoms with Gasteiger partial charge in [0.25, 0.3) is 0 Å². The van der Waals surface area contributed by atoms with Crippen molar-refractivity contribution in [3.63, 3.8) is 0 Å². The van der Waals surface area contributed by atoms with Gasteiger partial charge in [0.2, 0.25) is 0 Å². The van der Waals surface area contributed by atoms with E-state index in [1.54, 1.807) is 6.56 Å². The van der Waals surface area contributed by atoms with Gasteiger partial charge in [-0.05, 0) is 0 Å². The van der Waals surface area contributed by atoms with Crippen molar-refractivity contribution in [3.05, 3.63) is 60.2 Å². The number of hydrogen-bond acceptors (Lipinski definition) is 1. The summed E-state index contributed by atoms with van der Waals surface area (Å²) in [6.07, 6.45) is 11.7. The smallest absolute Gasteiger partial charge is 0.147 e. The van der Waals surface area contributed by atoms with Gasteiger partial charge in [-0.3, -0.25) is 0 Å². The van der Waals surface area contributed by atoms with Gasteiger partial charge in [-0.2, -0.15) is 0 Å². The Morgan fingerprint density at radius 1 is 1.00 bits per heavy atom. The van der Waals surface area contributed by atoms with E-state index in [-0.39, 0.29) is 24.8 Å². The zero-order valence-corrected chi connectivity index (χ0v) is 24.6. The van der Waals surface area contributed by atoms with Gasteiger partial charge < -0.3 is 0 Å². The molecule has 1 aromatic carbocycles. The molecule has 0 aliphatic heterocycles. The fourth-order valence-corrected chi connectivity index (χ4v) is 20.2. The van der Waals surface area contributed by atoms with Crippen molar-refractivity contribution in [1.29, 1.82) is 0 Å². The maximum absolute atomic E-state index is 6.30. The van der Waals surface area contributed by atoms with E-state index in [1.165, 1.54) is 11.1 Å². The molecule has 3 rings (SSSR count). The Balaban J connectivity index is 0.00000210. The van der Waals surface area contributed by atoms with Crippen molar-refractivity contribution < 1.29 is 20.2 Å². The minimum atomic E-state index is -4.30. The van der Waals surface area contributed by atoms with E-state index in [2.05, 4.69) is 91.4 Å². The van der Waals surface area contributed by atoms with Crippen molar-refractivity contribution in [1.82, 2.24) is 0 Å². The molecule has 5 heteroatoms. The molecular weight excluding hydrogens is 494 g/mol. The molecule has 2 aliphatic carbocycles. The van der Waals surface area contributed by atoms with Gasteiger partial charge >= 0.3 is 163 Å². The third-order valence-corrected chi connectivity index (χ3v) is 26.8. The van der Waals surface area contributed by atoms with Crippen LogP contribution in [0.15, 0.2) is 49.1 Å². The second-order valence-corrected chi connectivity index (χ2v) is 59.5. The molecule has 0 fully saturated rings. The maximum atomic E-state index is 6.30. The molecule has 1 atom stereocenters. The summed E-state index contributed by atoms with van der Waals surface area (Å²) >= 11 is -4.30. The predicted molar refractivity (Wildman–Crippen MR) is 137 cm³/mol. The third-order valence-electron chi connectivity index (χ3n) is 7.12. The quantitative estimate of drug-likeness (QED) is 0.330. The molecule has 0 saturated carbocycles. The van der Waals surface area contributed by atoms with E-state index >= 15 is 0 Å². The minimum absolute atomic E-state index is 0. The summed E-state index contributed by atoms with van der Waals surface area (Å²) in [5.74, 6) is 0.468. The molecule has 0 N–H and O–H groups in total. The van der Waals surface area contributed by atoms with Crippen LogP contribution in [0.5, 0.6) is 0 Å². The molecule has 29 heavy (non-hydrogen) atoms. The zero-order chi connectivity index (χ0) is 20.2. The van der Waals surface area contributed by atoms with Crippen LogP contribution in [-0.2, 0) is 20.2 Å². The fourth-order valence-electron chi connectivity index (χ4n) is 5.20. The average molecular weight is 536 g/mol. The van der Waals surface area contributed by atoms with Crippen molar-refractivity contribution in [3.8, 4) is 0 Å². The Kier molecular flexibility index (Phi) is 6.58. The van der Waals surface area contributed by atoms with E-state index in [9.17, 15) is 0 Å². The Morgan fingerprint density at radius 3 is 2.17 bits per heavy atom. The summed E-state index contributed by atoms with van der Waals surface area (Å²) in [5, 5.41) is 0. The van der Waals surface area contributed by atoms with E-state index in [4.69, 9.17) is 4.43 Å². The number of allylic oxidation sites excluding steroid dienone is 5. The SMILES string of the molecule is C[Si](C)(C)OCCC1[C]([Zr]([CH3])([CH3])([CH3])([CH3])([CH3])[C]2=CC=CC2)=Cc2ccccc21.Cl.Cl. The van der Waals surface area contributed by atoms with Crippen LogP contribution < -0.4 is 0 Å². The summed E-state index contributed by atoms with van der Waals surface area (Å²) in [6.45, 7) is 7.71. The van der Waals surface area contributed by atoms with Crippen LogP contribution in [0.2, 0.25) is 42.8 Å². The zero-order valence-electron chi connectivity index (χ0n) is 19.5. The van der Waals surface area contributed by atoms with Crippen LogP contribution in [0.4, 0.5) is 0 Å². The number of benzene rings is 1. The number of fused-ring (bicyclic) bond motifs is 1. The van der Waals surface area contributed by atoms with E-state index in [0.29, 0.717) is 5.92 Å². The molecule has 0 bridgehead atoms. The molecule has 165 valence electrons. The number of halogens is 2. The summed E-state index contributed by atoms with van der Waals surface area (Å²) < 4.78 is 22.9. The average Bonchev–Trinajstić information content (AvgIpc) is 3.14. The van der Waals surface area contributed by atoms with Crippen molar-refractivity contribution >= 4 is 39.2 Å². The summed E-state index contributed by atoms with van der Waals surface area (Å²) in [6, 6.07) is 9.02.